The third-order valence-corrected chi connectivity index (χ3v) is 4.79. The number of hydrogen-bond acceptors (Lipinski definition) is 5. The zero-order valence-corrected chi connectivity index (χ0v) is 14.7. The third kappa shape index (κ3) is 3.17. The number of aromatic nitrogens is 4. The van der Waals surface area contributed by atoms with Crippen molar-refractivity contribution in [2.45, 2.75) is 38.3 Å². The van der Waals surface area contributed by atoms with Gasteiger partial charge in [0, 0.05) is 36.5 Å². The normalized spacial score (nSPS) is 20.2. The Balaban J connectivity index is 1.42. The van der Waals surface area contributed by atoms with Gasteiger partial charge in [0.1, 0.15) is 5.60 Å². The number of ether oxygens (including phenoxy) is 1. The summed E-state index contributed by atoms with van der Waals surface area (Å²) in [7, 11) is 0. The molecule has 7 heteroatoms. The van der Waals surface area contributed by atoms with Gasteiger partial charge in [-0.3, -0.25) is 9.89 Å². The SMILES string of the molecule is CC1(c2ncc(CNC(=O)c3n[nH]c4ccccc34)cn2)CCCCO1. The molecule has 0 spiro atoms. The zero-order valence-electron chi connectivity index (χ0n) is 14.7. The van der Waals surface area contributed by atoms with Crippen molar-refractivity contribution in [3.8, 4) is 0 Å². The maximum absolute atomic E-state index is 12.4. The van der Waals surface area contributed by atoms with Crippen LogP contribution in [0.15, 0.2) is 36.7 Å². The standard InChI is InChI=1S/C19H21N5O2/c1-19(8-4-5-9-26-19)18-21-11-13(12-22-18)10-20-17(25)16-14-6-2-3-7-15(14)23-24-16/h2-3,6-7,11-12H,4-5,8-10H2,1H3,(H,20,25)(H,23,24). The molecule has 3 aromatic rings. The van der Waals surface area contributed by atoms with E-state index in [1.54, 1.807) is 12.4 Å². The molecule has 0 bridgehead atoms. The lowest BCUT2D eigenvalue weighted by Gasteiger charge is -2.32. The van der Waals surface area contributed by atoms with Gasteiger partial charge in [-0.25, -0.2) is 9.97 Å². The second-order valence-corrected chi connectivity index (χ2v) is 6.75. The average Bonchev–Trinajstić information content (AvgIpc) is 3.11. The van der Waals surface area contributed by atoms with Crippen molar-refractivity contribution >= 4 is 16.8 Å². The van der Waals surface area contributed by atoms with Gasteiger partial charge in [0.2, 0.25) is 0 Å². The number of para-hydroxylation sites is 1. The number of hydrogen-bond donors (Lipinski definition) is 2. The van der Waals surface area contributed by atoms with Crippen molar-refractivity contribution in [1.29, 1.82) is 0 Å². The highest BCUT2D eigenvalue weighted by molar-refractivity contribution is 6.04. The van der Waals surface area contributed by atoms with Gasteiger partial charge in [0.25, 0.3) is 5.91 Å². The van der Waals surface area contributed by atoms with Gasteiger partial charge >= 0.3 is 0 Å². The molecule has 0 radical (unpaired) electrons. The molecule has 2 aromatic heterocycles. The van der Waals surface area contributed by atoms with Crippen molar-refractivity contribution in [3.05, 3.63) is 53.7 Å². The highest BCUT2D eigenvalue weighted by Crippen LogP contribution is 2.32. The Labute approximate surface area is 151 Å². The van der Waals surface area contributed by atoms with Gasteiger partial charge in [-0.15, -0.1) is 0 Å². The molecule has 2 N–H and O–H groups in total. The molecule has 1 aromatic carbocycles. The van der Waals surface area contributed by atoms with E-state index in [1.165, 1.54) is 0 Å². The van der Waals surface area contributed by atoms with E-state index in [0.29, 0.717) is 18.1 Å². The molecule has 0 saturated carbocycles. The summed E-state index contributed by atoms with van der Waals surface area (Å²) in [5.41, 5.74) is 1.65. The average molecular weight is 351 g/mol. The number of nitrogens with one attached hydrogen (secondary N) is 2. The van der Waals surface area contributed by atoms with Crippen LogP contribution in [0, 0.1) is 0 Å². The molecule has 3 heterocycles. The summed E-state index contributed by atoms with van der Waals surface area (Å²) < 4.78 is 5.87. The predicted octanol–water partition coefficient (Wildman–Crippen LogP) is 2.70. The summed E-state index contributed by atoms with van der Waals surface area (Å²) in [6.45, 7) is 3.12. The van der Waals surface area contributed by atoms with E-state index in [0.717, 1.165) is 42.3 Å². The van der Waals surface area contributed by atoms with Gasteiger partial charge in [-0.1, -0.05) is 18.2 Å². The van der Waals surface area contributed by atoms with E-state index < -0.39 is 5.60 Å². The van der Waals surface area contributed by atoms with Crippen LogP contribution in [-0.2, 0) is 16.9 Å². The van der Waals surface area contributed by atoms with Crippen molar-refractivity contribution < 1.29 is 9.53 Å². The number of amides is 1. The number of fused-ring (bicyclic) bond motifs is 1. The van der Waals surface area contributed by atoms with Crippen molar-refractivity contribution in [3.63, 3.8) is 0 Å². The Bertz CT molecular complexity index is 913. The monoisotopic (exact) mass is 351 g/mol. The fraction of sp³-hybridized carbons (Fsp3) is 0.368. The molecule has 1 saturated heterocycles. The van der Waals surface area contributed by atoms with Crippen LogP contribution < -0.4 is 5.32 Å². The number of aromatic amines is 1. The van der Waals surface area contributed by atoms with Crippen LogP contribution >= 0.6 is 0 Å². The lowest BCUT2D eigenvalue weighted by Crippen LogP contribution is -2.32. The molecule has 7 nitrogen and oxygen atoms in total. The molecule has 1 aliphatic heterocycles. The molecule has 1 aliphatic rings. The first-order chi connectivity index (χ1) is 12.7. The molecule has 26 heavy (non-hydrogen) atoms. The number of H-pyrrole nitrogens is 1. The Hall–Kier alpha value is -2.80. The molecule has 0 aliphatic carbocycles. The summed E-state index contributed by atoms with van der Waals surface area (Å²) in [6, 6.07) is 7.54. The van der Waals surface area contributed by atoms with Crippen molar-refractivity contribution in [2.75, 3.05) is 6.61 Å². The number of rotatable bonds is 4. The first-order valence-corrected chi connectivity index (χ1v) is 8.82. The molecule has 1 amide bonds. The summed E-state index contributed by atoms with van der Waals surface area (Å²) in [6.07, 6.45) is 6.62. The lowest BCUT2D eigenvalue weighted by atomic mass is 9.95. The first-order valence-electron chi connectivity index (χ1n) is 8.82. The summed E-state index contributed by atoms with van der Waals surface area (Å²) in [5.74, 6) is 0.472. The largest absolute Gasteiger partial charge is 0.367 e. The van der Waals surface area contributed by atoms with Crippen LogP contribution in [0.5, 0.6) is 0 Å². The molecule has 1 fully saturated rings. The fourth-order valence-corrected chi connectivity index (χ4v) is 3.23. The number of benzene rings is 1. The quantitative estimate of drug-likeness (QED) is 0.754. The van der Waals surface area contributed by atoms with Gasteiger partial charge in [0.05, 0.1) is 5.52 Å². The zero-order chi connectivity index (χ0) is 18.0. The van der Waals surface area contributed by atoms with Crippen LogP contribution in [0.25, 0.3) is 10.9 Å². The highest BCUT2D eigenvalue weighted by atomic mass is 16.5. The maximum Gasteiger partial charge on any atom is 0.272 e. The van der Waals surface area contributed by atoms with E-state index in [2.05, 4.69) is 25.5 Å². The van der Waals surface area contributed by atoms with Gasteiger partial charge in [0.15, 0.2) is 11.5 Å². The van der Waals surface area contributed by atoms with E-state index in [1.807, 2.05) is 31.2 Å². The summed E-state index contributed by atoms with van der Waals surface area (Å²) >= 11 is 0. The minimum atomic E-state index is -0.409. The minimum Gasteiger partial charge on any atom is -0.367 e. The van der Waals surface area contributed by atoms with Crippen LogP contribution in [0.1, 0.15) is 48.1 Å². The summed E-state index contributed by atoms with van der Waals surface area (Å²) in [5, 5.41) is 10.6. The number of nitrogens with zero attached hydrogens (tertiary/aromatic N) is 3. The predicted molar refractivity (Wildman–Crippen MR) is 96.5 cm³/mol. The maximum atomic E-state index is 12.4. The first kappa shape index (κ1) is 16.7. The van der Waals surface area contributed by atoms with E-state index in [-0.39, 0.29) is 5.91 Å². The summed E-state index contributed by atoms with van der Waals surface area (Å²) in [4.78, 5) is 21.3. The molecule has 4 rings (SSSR count). The Morgan fingerprint density at radius 3 is 2.85 bits per heavy atom. The van der Waals surface area contributed by atoms with Gasteiger partial charge < -0.3 is 10.1 Å². The van der Waals surface area contributed by atoms with E-state index >= 15 is 0 Å². The topological polar surface area (TPSA) is 92.8 Å². The molecule has 1 unspecified atom stereocenters. The number of carbonyl (C=O) groups is 1. The van der Waals surface area contributed by atoms with Crippen LogP contribution in [0.2, 0.25) is 0 Å². The molecule has 134 valence electrons. The van der Waals surface area contributed by atoms with Crippen LogP contribution in [0.4, 0.5) is 0 Å². The molecule has 1 atom stereocenters. The van der Waals surface area contributed by atoms with Gasteiger partial charge in [-0.2, -0.15) is 5.10 Å². The van der Waals surface area contributed by atoms with E-state index in [4.69, 9.17) is 4.74 Å². The van der Waals surface area contributed by atoms with E-state index in [9.17, 15) is 4.79 Å². The Morgan fingerprint density at radius 2 is 2.08 bits per heavy atom. The minimum absolute atomic E-state index is 0.228. The second kappa shape index (κ2) is 6.84. The molecular weight excluding hydrogens is 330 g/mol. The molecular formula is C19H21N5O2. The Morgan fingerprint density at radius 1 is 1.27 bits per heavy atom. The second-order valence-electron chi connectivity index (χ2n) is 6.75. The third-order valence-electron chi connectivity index (χ3n) is 4.79. The lowest BCUT2D eigenvalue weighted by molar-refractivity contribution is -0.0760. The van der Waals surface area contributed by atoms with Crippen molar-refractivity contribution in [2.24, 2.45) is 0 Å². The number of carbonyl (C=O) groups excluding carboxylic acids is 1. The van der Waals surface area contributed by atoms with Crippen molar-refractivity contribution in [1.82, 2.24) is 25.5 Å². The highest BCUT2D eigenvalue weighted by Gasteiger charge is 2.32. The smallest absolute Gasteiger partial charge is 0.272 e. The fourth-order valence-electron chi connectivity index (χ4n) is 3.23. The van der Waals surface area contributed by atoms with Crippen LogP contribution in [0.3, 0.4) is 0 Å². The van der Waals surface area contributed by atoms with Gasteiger partial charge in [-0.05, 0) is 32.3 Å². The van der Waals surface area contributed by atoms with Crippen LogP contribution in [-0.4, -0.2) is 32.7 Å². The Kier molecular flexibility index (Phi) is 4.38.